The van der Waals surface area contributed by atoms with Crippen LogP contribution in [-0.4, -0.2) is 43.7 Å². The first-order chi connectivity index (χ1) is 13.7. The number of carbonyl (C=O) groups excluding carboxylic acids is 1. The molecule has 3 atom stereocenters. The van der Waals surface area contributed by atoms with Crippen molar-refractivity contribution in [2.75, 3.05) is 13.7 Å². The Morgan fingerprint density at radius 2 is 1.62 bits per heavy atom. The number of ether oxygens (including phenoxy) is 1. The molecule has 1 aliphatic heterocycles. The molecule has 1 heterocycles. The molecule has 0 unspecified atom stereocenters. The summed E-state index contributed by atoms with van der Waals surface area (Å²) in [6, 6.07) is 17.8. The highest BCUT2D eigenvalue weighted by Gasteiger charge is 2.54. The molecule has 5 nitrogen and oxygen atoms in total. The molecule has 0 bridgehead atoms. The minimum atomic E-state index is -3.64. The maximum absolute atomic E-state index is 13.5. The fourth-order valence-corrected chi connectivity index (χ4v) is 6.19. The number of hydrogen-bond donors (Lipinski definition) is 0. The van der Waals surface area contributed by atoms with Crippen LogP contribution >= 0.6 is 0 Å². The molecule has 0 aromatic heterocycles. The van der Waals surface area contributed by atoms with E-state index in [0.29, 0.717) is 13.0 Å². The first-order valence-electron chi connectivity index (χ1n) is 9.90. The van der Waals surface area contributed by atoms with Gasteiger partial charge < -0.3 is 4.74 Å². The van der Waals surface area contributed by atoms with Crippen LogP contribution in [0.4, 0.5) is 0 Å². The molecule has 156 valence electrons. The second-order valence-electron chi connectivity index (χ2n) is 8.11. The van der Waals surface area contributed by atoms with Crippen LogP contribution in [-0.2, 0) is 19.4 Å². The Bertz CT molecular complexity index is 941. The van der Waals surface area contributed by atoms with Crippen molar-refractivity contribution >= 4 is 15.8 Å². The van der Waals surface area contributed by atoms with Gasteiger partial charge in [-0.3, -0.25) is 9.69 Å². The molecule has 1 aliphatic rings. The van der Waals surface area contributed by atoms with E-state index in [4.69, 9.17) is 4.74 Å². The Morgan fingerprint density at radius 1 is 1.07 bits per heavy atom. The zero-order chi connectivity index (χ0) is 21.2. The third-order valence-corrected chi connectivity index (χ3v) is 8.88. The summed E-state index contributed by atoms with van der Waals surface area (Å²) in [7, 11) is -2.28. The molecule has 29 heavy (non-hydrogen) atoms. The predicted octanol–water partition coefficient (Wildman–Crippen LogP) is 3.86. The van der Waals surface area contributed by atoms with Crippen molar-refractivity contribution in [1.29, 1.82) is 0 Å². The van der Waals surface area contributed by atoms with E-state index < -0.39 is 20.6 Å². The molecule has 1 fully saturated rings. The highest BCUT2D eigenvalue weighted by atomic mass is 32.2. The molecule has 0 amide bonds. The molecular formula is C23H29NO4S. The third kappa shape index (κ3) is 3.83. The van der Waals surface area contributed by atoms with E-state index in [1.54, 1.807) is 44.2 Å². The van der Waals surface area contributed by atoms with Gasteiger partial charge in [-0.25, -0.2) is 8.42 Å². The molecule has 0 radical (unpaired) electrons. The van der Waals surface area contributed by atoms with Gasteiger partial charge in [-0.15, -0.1) is 0 Å². The number of nitrogens with zero attached hydrogens (tertiary/aromatic N) is 1. The van der Waals surface area contributed by atoms with Gasteiger partial charge >= 0.3 is 5.97 Å². The van der Waals surface area contributed by atoms with Crippen molar-refractivity contribution in [3.05, 3.63) is 66.2 Å². The number of hydrogen-bond acceptors (Lipinski definition) is 5. The van der Waals surface area contributed by atoms with E-state index >= 15 is 0 Å². The van der Waals surface area contributed by atoms with Crippen LogP contribution in [0.25, 0.3) is 0 Å². The van der Waals surface area contributed by atoms with Crippen molar-refractivity contribution in [1.82, 2.24) is 4.90 Å². The number of likely N-dealkylation sites (tertiary alicyclic amines) is 1. The quantitative estimate of drug-likeness (QED) is 0.671. The smallest absolute Gasteiger partial charge is 0.323 e. The van der Waals surface area contributed by atoms with E-state index in [1.165, 1.54) is 7.11 Å². The Balaban J connectivity index is 1.99. The van der Waals surface area contributed by atoms with Gasteiger partial charge in [-0.2, -0.15) is 0 Å². The van der Waals surface area contributed by atoms with Gasteiger partial charge in [0.05, 0.1) is 16.8 Å². The van der Waals surface area contributed by atoms with Gasteiger partial charge in [0.2, 0.25) is 0 Å². The Kier molecular flexibility index (Phi) is 6.15. The molecule has 3 rings (SSSR count). The van der Waals surface area contributed by atoms with E-state index in [1.807, 2.05) is 37.3 Å². The van der Waals surface area contributed by atoms with Crippen LogP contribution in [0.15, 0.2) is 65.6 Å². The normalized spacial score (nSPS) is 21.7. The summed E-state index contributed by atoms with van der Waals surface area (Å²) < 4.78 is 30.9. The summed E-state index contributed by atoms with van der Waals surface area (Å²) in [5.41, 5.74) is 1.09. The van der Waals surface area contributed by atoms with Crippen LogP contribution in [0.1, 0.15) is 38.8 Å². The average Bonchev–Trinajstić information content (AvgIpc) is 3.19. The van der Waals surface area contributed by atoms with E-state index in [0.717, 1.165) is 5.56 Å². The Morgan fingerprint density at radius 3 is 2.17 bits per heavy atom. The van der Waals surface area contributed by atoms with Crippen molar-refractivity contribution in [2.24, 2.45) is 5.92 Å². The van der Waals surface area contributed by atoms with E-state index in [2.05, 4.69) is 4.90 Å². The number of benzene rings is 2. The molecule has 0 saturated carbocycles. The lowest BCUT2D eigenvalue weighted by Crippen LogP contribution is -2.50. The maximum Gasteiger partial charge on any atom is 0.323 e. The lowest BCUT2D eigenvalue weighted by molar-refractivity contribution is -0.148. The van der Waals surface area contributed by atoms with Crippen LogP contribution < -0.4 is 0 Å². The fourth-order valence-electron chi connectivity index (χ4n) is 4.42. The Labute approximate surface area is 173 Å². The number of carbonyl (C=O) groups is 1. The van der Waals surface area contributed by atoms with Crippen molar-refractivity contribution in [3.8, 4) is 0 Å². The lowest BCUT2D eigenvalue weighted by Gasteiger charge is -2.37. The van der Waals surface area contributed by atoms with Gasteiger partial charge in [0.25, 0.3) is 0 Å². The number of methoxy groups -OCH3 is 1. The maximum atomic E-state index is 13.5. The van der Waals surface area contributed by atoms with Crippen molar-refractivity contribution < 1.29 is 17.9 Å². The molecule has 2 aromatic rings. The summed E-state index contributed by atoms with van der Waals surface area (Å²) >= 11 is 0. The topological polar surface area (TPSA) is 63.7 Å². The highest BCUT2D eigenvalue weighted by Crippen LogP contribution is 2.43. The number of rotatable bonds is 6. The summed E-state index contributed by atoms with van der Waals surface area (Å²) in [6.45, 7) is 6.14. The van der Waals surface area contributed by atoms with E-state index in [-0.39, 0.29) is 22.8 Å². The SMILES string of the molecule is COC(=O)[C@H]1[C@@H](C(C)(C)S(=O)(=O)c2ccccc2)CCN1[C@H](C)c1ccccc1. The van der Waals surface area contributed by atoms with Crippen molar-refractivity contribution in [3.63, 3.8) is 0 Å². The average molecular weight is 416 g/mol. The van der Waals surface area contributed by atoms with Gasteiger partial charge in [0, 0.05) is 12.0 Å². The largest absolute Gasteiger partial charge is 0.468 e. The summed E-state index contributed by atoms with van der Waals surface area (Å²) in [6.07, 6.45) is 0.607. The summed E-state index contributed by atoms with van der Waals surface area (Å²) in [4.78, 5) is 15.2. The van der Waals surface area contributed by atoms with Crippen molar-refractivity contribution in [2.45, 2.75) is 48.9 Å². The fraction of sp³-hybridized carbons (Fsp3) is 0.435. The molecule has 2 aromatic carbocycles. The number of esters is 1. The molecule has 6 heteroatoms. The molecular weight excluding hydrogens is 386 g/mol. The molecule has 0 N–H and O–H groups in total. The Hall–Kier alpha value is -2.18. The van der Waals surface area contributed by atoms with Crippen LogP contribution in [0.2, 0.25) is 0 Å². The zero-order valence-corrected chi connectivity index (χ0v) is 18.2. The lowest BCUT2D eigenvalue weighted by atomic mass is 9.87. The van der Waals surface area contributed by atoms with Gasteiger partial charge in [0.15, 0.2) is 9.84 Å². The number of sulfone groups is 1. The second kappa shape index (κ2) is 8.28. The highest BCUT2D eigenvalue weighted by molar-refractivity contribution is 7.92. The molecule has 1 saturated heterocycles. The summed E-state index contributed by atoms with van der Waals surface area (Å²) in [5, 5.41) is 0. The standard InChI is InChI=1S/C23H29NO4S/c1-17(18-11-7-5-8-12-18)24-16-15-20(21(24)22(25)28-4)23(2,3)29(26,27)19-13-9-6-10-14-19/h5-14,17,20-21H,15-16H2,1-4H3/t17-,20+,21-/m1/s1. The van der Waals surface area contributed by atoms with E-state index in [9.17, 15) is 13.2 Å². The van der Waals surface area contributed by atoms with Crippen LogP contribution in [0, 0.1) is 5.92 Å². The minimum absolute atomic E-state index is 0.0273. The molecule has 0 aliphatic carbocycles. The predicted molar refractivity (Wildman–Crippen MR) is 113 cm³/mol. The van der Waals surface area contributed by atoms with Crippen LogP contribution in [0.3, 0.4) is 0 Å². The minimum Gasteiger partial charge on any atom is -0.468 e. The zero-order valence-electron chi connectivity index (χ0n) is 17.4. The van der Waals surface area contributed by atoms with Gasteiger partial charge in [0.1, 0.15) is 6.04 Å². The molecule has 0 spiro atoms. The monoisotopic (exact) mass is 415 g/mol. The van der Waals surface area contributed by atoms with Gasteiger partial charge in [-0.1, -0.05) is 48.5 Å². The first kappa shape index (κ1) is 21.5. The second-order valence-corrected chi connectivity index (χ2v) is 10.6. The third-order valence-electron chi connectivity index (χ3n) is 6.30. The van der Waals surface area contributed by atoms with Gasteiger partial charge in [-0.05, 0) is 51.4 Å². The first-order valence-corrected chi connectivity index (χ1v) is 11.4. The summed E-state index contributed by atoms with van der Waals surface area (Å²) in [5.74, 6) is -0.766. The van der Waals surface area contributed by atoms with Crippen LogP contribution in [0.5, 0.6) is 0 Å².